The monoisotopic (exact) mass is 520 g/mol. The fourth-order valence-corrected chi connectivity index (χ4v) is 3.76. The molecule has 0 aromatic heterocycles. The largest absolute Gasteiger partial charge is 0.467 e. The summed E-state index contributed by atoms with van der Waals surface area (Å²) in [6.07, 6.45) is -0.962. The second-order valence-electron chi connectivity index (χ2n) is 7.34. The Kier molecular flexibility index (Phi) is 8.67. The lowest BCUT2D eigenvalue weighted by atomic mass is 9.78. The first kappa shape index (κ1) is 25.7. The maximum absolute atomic E-state index is 13.6. The number of benzene rings is 3. The van der Waals surface area contributed by atoms with Gasteiger partial charge in [-0.1, -0.05) is 114 Å². The number of ether oxygens (including phenoxy) is 2. The van der Waals surface area contributed by atoms with Crippen molar-refractivity contribution in [2.45, 2.75) is 15.4 Å². The van der Waals surface area contributed by atoms with Gasteiger partial charge >= 0.3 is 12.1 Å². The number of hydrogen-bond donors (Lipinski definition) is 2. The van der Waals surface area contributed by atoms with E-state index in [1.807, 2.05) is 60.7 Å². The molecular weight excluding hydrogens is 499 g/mol. The zero-order valence-corrected chi connectivity index (χ0v) is 20.5. The number of amides is 1. The minimum Gasteiger partial charge on any atom is -0.467 e. The van der Waals surface area contributed by atoms with E-state index in [2.05, 4.69) is 10.6 Å². The number of halogens is 3. The van der Waals surface area contributed by atoms with Gasteiger partial charge in [0.15, 0.2) is 5.54 Å². The van der Waals surface area contributed by atoms with E-state index < -0.39 is 34.0 Å². The molecular formula is C25H23Cl3N2O4. The summed E-state index contributed by atoms with van der Waals surface area (Å²) < 4.78 is 8.54. The molecule has 0 heterocycles. The van der Waals surface area contributed by atoms with Crippen molar-refractivity contribution < 1.29 is 19.1 Å². The highest BCUT2D eigenvalue weighted by atomic mass is 35.6. The van der Waals surface area contributed by atoms with Crippen LogP contribution < -0.4 is 10.6 Å². The number of para-hydroxylation sites is 1. The second-order valence-corrected chi connectivity index (χ2v) is 9.85. The molecule has 0 unspecified atom stereocenters. The van der Waals surface area contributed by atoms with Crippen LogP contribution in [0.2, 0.25) is 0 Å². The molecule has 2 N–H and O–H groups in total. The lowest BCUT2D eigenvalue weighted by Gasteiger charge is -2.40. The molecule has 0 bridgehead atoms. The molecule has 3 rings (SSSR count). The topological polar surface area (TPSA) is 76.7 Å². The van der Waals surface area contributed by atoms with Crippen LogP contribution in [0.4, 0.5) is 10.5 Å². The lowest BCUT2D eigenvalue weighted by molar-refractivity contribution is -0.149. The normalized spacial score (nSPS) is 13.8. The number of methoxy groups -OCH3 is 1. The zero-order valence-electron chi connectivity index (χ0n) is 18.2. The maximum Gasteiger partial charge on any atom is 0.408 e. The molecule has 1 amide bonds. The number of carbonyl (C=O) groups excluding carboxylic acids is 2. The molecule has 9 heteroatoms. The predicted molar refractivity (Wildman–Crippen MR) is 134 cm³/mol. The highest BCUT2D eigenvalue weighted by molar-refractivity contribution is 6.67. The van der Waals surface area contributed by atoms with Crippen LogP contribution in [0.15, 0.2) is 91.0 Å². The third kappa shape index (κ3) is 6.35. The number of alkyl carbamates (subject to hydrolysis) is 1. The first-order valence-corrected chi connectivity index (χ1v) is 11.4. The molecule has 3 aromatic carbocycles. The standard InChI is InChI=1S/C25H23Cl3N2O4/c1-33-22(31)25(19-13-7-3-8-14-19,30-23(32)34-17-24(26,27)28)21(18-11-5-2-6-12-18)29-20-15-9-4-10-16-20/h2-16,21,29H,17H2,1H3,(H,30,32)/t21-,25+/m1/s1. The van der Waals surface area contributed by atoms with Crippen LogP contribution in [0, 0.1) is 0 Å². The quantitative estimate of drug-likeness (QED) is 0.281. The van der Waals surface area contributed by atoms with E-state index in [-0.39, 0.29) is 0 Å². The van der Waals surface area contributed by atoms with Gasteiger partial charge in [0.05, 0.1) is 13.2 Å². The van der Waals surface area contributed by atoms with Gasteiger partial charge in [-0.3, -0.25) is 5.32 Å². The van der Waals surface area contributed by atoms with Crippen LogP contribution in [-0.4, -0.2) is 29.6 Å². The van der Waals surface area contributed by atoms with E-state index in [1.165, 1.54) is 7.11 Å². The number of anilines is 1. The Bertz CT molecular complexity index is 1080. The van der Waals surface area contributed by atoms with Gasteiger partial charge in [-0.2, -0.15) is 0 Å². The van der Waals surface area contributed by atoms with Crippen molar-refractivity contribution in [3.8, 4) is 0 Å². The van der Waals surface area contributed by atoms with Crippen molar-refractivity contribution in [1.82, 2.24) is 5.32 Å². The van der Waals surface area contributed by atoms with E-state index in [1.54, 1.807) is 30.3 Å². The fraction of sp³-hybridized carbons (Fsp3) is 0.200. The summed E-state index contributed by atoms with van der Waals surface area (Å²) in [5.41, 5.74) is 0.141. The molecule has 0 aliphatic rings. The van der Waals surface area contributed by atoms with Crippen LogP contribution in [0.1, 0.15) is 17.2 Å². The Labute approximate surface area is 213 Å². The van der Waals surface area contributed by atoms with Gasteiger partial charge in [0.25, 0.3) is 0 Å². The first-order chi connectivity index (χ1) is 16.3. The Hall–Kier alpha value is -2.93. The average molecular weight is 522 g/mol. The van der Waals surface area contributed by atoms with Crippen molar-refractivity contribution in [3.05, 3.63) is 102 Å². The van der Waals surface area contributed by atoms with E-state index in [0.29, 0.717) is 11.1 Å². The van der Waals surface area contributed by atoms with Gasteiger partial charge in [0, 0.05) is 5.69 Å². The molecule has 0 fully saturated rings. The number of esters is 1. The van der Waals surface area contributed by atoms with Crippen LogP contribution in [-0.2, 0) is 19.8 Å². The molecule has 2 atom stereocenters. The number of rotatable bonds is 8. The summed E-state index contributed by atoms with van der Waals surface area (Å²) in [6.45, 7) is -0.516. The Morgan fingerprint density at radius 3 is 1.91 bits per heavy atom. The molecule has 0 radical (unpaired) electrons. The van der Waals surface area contributed by atoms with Crippen molar-refractivity contribution in [2.75, 3.05) is 19.0 Å². The minimum absolute atomic E-state index is 0.463. The Morgan fingerprint density at radius 2 is 1.38 bits per heavy atom. The van der Waals surface area contributed by atoms with E-state index in [4.69, 9.17) is 44.3 Å². The third-order valence-electron chi connectivity index (χ3n) is 5.05. The maximum atomic E-state index is 13.6. The molecule has 34 heavy (non-hydrogen) atoms. The highest BCUT2D eigenvalue weighted by Crippen LogP contribution is 2.39. The first-order valence-electron chi connectivity index (χ1n) is 10.3. The second kappa shape index (κ2) is 11.5. The summed E-state index contributed by atoms with van der Waals surface area (Å²) in [7, 11) is 1.25. The van der Waals surface area contributed by atoms with Gasteiger partial charge in [-0.15, -0.1) is 0 Å². The summed E-state index contributed by atoms with van der Waals surface area (Å²) in [4.78, 5) is 26.5. The summed E-state index contributed by atoms with van der Waals surface area (Å²) in [5.74, 6) is -0.721. The molecule has 0 spiro atoms. The molecule has 178 valence electrons. The van der Waals surface area contributed by atoms with Gasteiger partial charge in [0.2, 0.25) is 3.79 Å². The Morgan fingerprint density at radius 1 is 0.853 bits per heavy atom. The Balaban J connectivity index is 2.18. The zero-order chi connectivity index (χ0) is 24.6. The average Bonchev–Trinajstić information content (AvgIpc) is 2.85. The molecule has 0 aliphatic heterocycles. The highest BCUT2D eigenvalue weighted by Gasteiger charge is 2.51. The van der Waals surface area contributed by atoms with Gasteiger partial charge in [-0.05, 0) is 23.3 Å². The number of alkyl halides is 3. The van der Waals surface area contributed by atoms with E-state index >= 15 is 0 Å². The van der Waals surface area contributed by atoms with Crippen LogP contribution in [0.5, 0.6) is 0 Å². The number of nitrogens with one attached hydrogen (secondary N) is 2. The lowest BCUT2D eigenvalue weighted by Crippen LogP contribution is -2.58. The van der Waals surface area contributed by atoms with Crippen molar-refractivity contribution in [2.24, 2.45) is 0 Å². The SMILES string of the molecule is COC(=O)[C@](NC(=O)OCC(Cl)(Cl)Cl)(c1ccccc1)[C@H](Nc1ccccc1)c1ccccc1. The smallest absolute Gasteiger partial charge is 0.408 e. The van der Waals surface area contributed by atoms with Gasteiger partial charge in [-0.25, -0.2) is 9.59 Å². The fourth-order valence-electron chi connectivity index (χ4n) is 3.59. The summed E-state index contributed by atoms with van der Waals surface area (Å²) in [6, 6.07) is 26.4. The molecule has 0 aliphatic carbocycles. The third-order valence-corrected chi connectivity index (χ3v) is 5.38. The molecule has 3 aromatic rings. The molecule has 0 saturated carbocycles. The van der Waals surface area contributed by atoms with Crippen molar-refractivity contribution >= 4 is 52.6 Å². The van der Waals surface area contributed by atoms with Crippen LogP contribution in [0.25, 0.3) is 0 Å². The van der Waals surface area contributed by atoms with E-state index in [0.717, 1.165) is 5.69 Å². The molecule has 0 saturated heterocycles. The minimum atomic E-state index is -1.82. The van der Waals surface area contributed by atoms with Crippen LogP contribution in [0.3, 0.4) is 0 Å². The van der Waals surface area contributed by atoms with Crippen LogP contribution >= 0.6 is 34.8 Å². The van der Waals surface area contributed by atoms with Crippen molar-refractivity contribution in [1.29, 1.82) is 0 Å². The predicted octanol–water partition coefficient (Wildman–Crippen LogP) is 6.00. The number of hydrogen-bond acceptors (Lipinski definition) is 5. The number of carbonyl (C=O) groups is 2. The summed E-state index contributed by atoms with van der Waals surface area (Å²) >= 11 is 17.2. The van der Waals surface area contributed by atoms with Gasteiger partial charge < -0.3 is 14.8 Å². The molecule has 6 nitrogen and oxygen atoms in total. The van der Waals surface area contributed by atoms with E-state index in [9.17, 15) is 9.59 Å². The van der Waals surface area contributed by atoms with Gasteiger partial charge in [0.1, 0.15) is 6.61 Å². The summed E-state index contributed by atoms with van der Waals surface area (Å²) in [5, 5.41) is 6.09. The van der Waals surface area contributed by atoms with Crippen molar-refractivity contribution in [3.63, 3.8) is 0 Å².